The zero-order chi connectivity index (χ0) is 31.0. The maximum absolute atomic E-state index is 13.8. The molecule has 6 rings (SSSR count). The van der Waals surface area contributed by atoms with Crippen LogP contribution in [0.15, 0.2) is 48.7 Å². The predicted molar refractivity (Wildman–Crippen MR) is 162 cm³/mol. The molecule has 0 bridgehead atoms. The Morgan fingerprint density at radius 1 is 1.14 bits per heavy atom. The highest BCUT2D eigenvalue weighted by atomic mass is 19.1. The number of fused-ring (bicyclic) bond motifs is 1. The number of nitrogens with zero attached hydrogens (tertiary/aromatic N) is 3. The molecule has 230 valence electrons. The fraction of sp³-hybridized carbons (Fsp3) is 0.394. The van der Waals surface area contributed by atoms with Crippen molar-refractivity contribution in [1.29, 1.82) is 0 Å². The van der Waals surface area contributed by atoms with Gasteiger partial charge in [-0.25, -0.2) is 9.37 Å². The number of aliphatic hydroxyl groups is 1. The summed E-state index contributed by atoms with van der Waals surface area (Å²) in [5.41, 5.74) is 1.35. The summed E-state index contributed by atoms with van der Waals surface area (Å²) in [5, 5.41) is 23.2. The largest absolute Gasteiger partial charge is 0.494 e. The minimum atomic E-state index is -1.53. The van der Waals surface area contributed by atoms with Crippen molar-refractivity contribution >= 4 is 22.7 Å². The number of aromatic nitrogens is 3. The lowest BCUT2D eigenvalue weighted by molar-refractivity contribution is -0.120. The molecule has 2 aromatic carbocycles. The fourth-order valence-electron chi connectivity index (χ4n) is 5.57. The SMILES string of the molecule is CCOc1c(CC(=O)NC)cc([C@@](O)(CNC(=O)c2cc(OC)c3nn(C4CC4)cc3c2)C2CC2)nc1-c1ccc(F)cc1. The maximum Gasteiger partial charge on any atom is 0.251 e. The molecule has 0 spiro atoms. The molecule has 10 nitrogen and oxygen atoms in total. The Morgan fingerprint density at radius 2 is 1.89 bits per heavy atom. The third kappa shape index (κ3) is 5.84. The van der Waals surface area contributed by atoms with Crippen LogP contribution in [-0.2, 0) is 16.8 Å². The van der Waals surface area contributed by atoms with Crippen LogP contribution < -0.4 is 20.1 Å². The molecule has 0 unspecified atom stereocenters. The number of hydrogen-bond acceptors (Lipinski definition) is 7. The summed E-state index contributed by atoms with van der Waals surface area (Å²) < 4.78 is 27.3. The van der Waals surface area contributed by atoms with Gasteiger partial charge in [-0.3, -0.25) is 14.3 Å². The molecule has 2 saturated carbocycles. The van der Waals surface area contributed by atoms with Gasteiger partial charge >= 0.3 is 0 Å². The summed E-state index contributed by atoms with van der Waals surface area (Å²) in [7, 11) is 3.09. The van der Waals surface area contributed by atoms with Crippen LogP contribution in [0, 0.1) is 11.7 Å². The minimum absolute atomic E-state index is 0.0169. The second kappa shape index (κ2) is 11.9. The van der Waals surface area contributed by atoms with Gasteiger partial charge in [0.2, 0.25) is 5.91 Å². The number of likely N-dealkylation sites (N-methyl/N-ethyl adjacent to an activating group) is 1. The smallest absolute Gasteiger partial charge is 0.251 e. The third-order valence-corrected chi connectivity index (χ3v) is 8.30. The van der Waals surface area contributed by atoms with Crippen molar-refractivity contribution < 1.29 is 28.6 Å². The molecule has 2 aliphatic rings. The first-order chi connectivity index (χ1) is 21.2. The quantitative estimate of drug-likeness (QED) is 0.221. The third-order valence-electron chi connectivity index (χ3n) is 8.30. The van der Waals surface area contributed by atoms with Crippen LogP contribution in [-0.4, -0.2) is 59.0 Å². The Labute approximate surface area is 254 Å². The van der Waals surface area contributed by atoms with Crippen LogP contribution in [0.3, 0.4) is 0 Å². The fourth-order valence-corrected chi connectivity index (χ4v) is 5.57. The van der Waals surface area contributed by atoms with Crippen LogP contribution in [0.1, 0.15) is 60.3 Å². The monoisotopic (exact) mass is 601 g/mol. The van der Waals surface area contributed by atoms with Gasteiger partial charge in [0, 0.05) is 35.3 Å². The van der Waals surface area contributed by atoms with Gasteiger partial charge in [0.05, 0.1) is 38.4 Å². The first-order valence-corrected chi connectivity index (χ1v) is 14.9. The van der Waals surface area contributed by atoms with Crippen molar-refractivity contribution in [3.05, 3.63) is 71.3 Å². The lowest BCUT2D eigenvalue weighted by Crippen LogP contribution is -2.43. The van der Waals surface area contributed by atoms with Gasteiger partial charge in [-0.2, -0.15) is 5.10 Å². The number of ether oxygens (including phenoxy) is 2. The number of methoxy groups -OCH3 is 1. The van der Waals surface area contributed by atoms with Crippen LogP contribution >= 0.6 is 0 Å². The van der Waals surface area contributed by atoms with Crippen LogP contribution in [0.4, 0.5) is 4.39 Å². The summed E-state index contributed by atoms with van der Waals surface area (Å²) in [6, 6.07) is 11.3. The van der Waals surface area contributed by atoms with E-state index in [1.54, 1.807) is 44.5 Å². The van der Waals surface area contributed by atoms with E-state index in [4.69, 9.17) is 14.5 Å². The Balaban J connectivity index is 1.35. The Bertz CT molecular complexity index is 1710. The van der Waals surface area contributed by atoms with Crippen molar-refractivity contribution in [3.63, 3.8) is 0 Å². The second-order valence-electron chi connectivity index (χ2n) is 11.5. The summed E-state index contributed by atoms with van der Waals surface area (Å²) >= 11 is 0. The highest BCUT2D eigenvalue weighted by Crippen LogP contribution is 2.47. The molecular weight excluding hydrogens is 565 g/mol. The van der Waals surface area contributed by atoms with Crippen LogP contribution in [0.5, 0.6) is 11.5 Å². The van der Waals surface area contributed by atoms with Gasteiger partial charge in [-0.1, -0.05) is 0 Å². The summed E-state index contributed by atoms with van der Waals surface area (Å²) in [5.74, 6) is -0.290. The number of nitrogens with one attached hydrogen (secondary N) is 2. The normalized spacial score (nSPS) is 15.9. The predicted octanol–water partition coefficient (Wildman–Crippen LogP) is 4.30. The van der Waals surface area contributed by atoms with Crippen molar-refractivity contribution in [2.45, 2.75) is 50.7 Å². The first kappa shape index (κ1) is 29.6. The molecule has 44 heavy (non-hydrogen) atoms. The topological polar surface area (TPSA) is 128 Å². The van der Waals surface area contributed by atoms with E-state index in [0.717, 1.165) is 31.1 Å². The number of benzene rings is 2. The molecule has 4 aromatic rings. The average Bonchev–Trinajstić information content (AvgIpc) is 3.97. The van der Waals surface area contributed by atoms with Gasteiger partial charge in [-0.15, -0.1) is 0 Å². The van der Waals surface area contributed by atoms with Crippen LogP contribution in [0.25, 0.3) is 22.2 Å². The molecule has 0 saturated heterocycles. The molecule has 2 fully saturated rings. The van der Waals surface area contributed by atoms with E-state index >= 15 is 0 Å². The molecule has 0 radical (unpaired) electrons. The second-order valence-corrected chi connectivity index (χ2v) is 11.5. The number of carbonyl (C=O) groups excluding carboxylic acids is 2. The van der Waals surface area contributed by atoms with Crippen molar-refractivity contribution in [2.75, 3.05) is 27.3 Å². The van der Waals surface area contributed by atoms with E-state index in [0.29, 0.717) is 57.7 Å². The molecule has 11 heteroatoms. The van der Waals surface area contributed by atoms with Gasteiger partial charge in [0.25, 0.3) is 5.91 Å². The van der Waals surface area contributed by atoms with Gasteiger partial charge in [0.1, 0.15) is 34.1 Å². The first-order valence-electron chi connectivity index (χ1n) is 14.9. The number of halogens is 1. The highest BCUT2D eigenvalue weighted by molar-refractivity contribution is 6.00. The average molecular weight is 602 g/mol. The van der Waals surface area contributed by atoms with Gasteiger partial charge in [-0.05, 0) is 81.0 Å². The van der Waals surface area contributed by atoms with E-state index < -0.39 is 11.4 Å². The van der Waals surface area contributed by atoms with Crippen molar-refractivity contribution in [2.24, 2.45) is 5.92 Å². The summed E-state index contributed by atoms with van der Waals surface area (Å²) in [6.07, 6.45) is 5.57. The lowest BCUT2D eigenvalue weighted by atomic mass is 9.90. The van der Waals surface area contributed by atoms with E-state index in [-0.39, 0.29) is 30.7 Å². The van der Waals surface area contributed by atoms with Crippen molar-refractivity contribution in [1.82, 2.24) is 25.4 Å². The van der Waals surface area contributed by atoms with Crippen molar-refractivity contribution in [3.8, 4) is 22.8 Å². The Kier molecular flexibility index (Phi) is 7.98. The molecule has 0 aliphatic heterocycles. The highest BCUT2D eigenvalue weighted by Gasteiger charge is 2.47. The number of hydrogen-bond donors (Lipinski definition) is 3. The van der Waals surface area contributed by atoms with E-state index in [2.05, 4.69) is 15.7 Å². The zero-order valence-electron chi connectivity index (χ0n) is 25.0. The lowest BCUT2D eigenvalue weighted by Gasteiger charge is -2.30. The van der Waals surface area contributed by atoms with E-state index in [1.165, 1.54) is 12.1 Å². The van der Waals surface area contributed by atoms with Crippen LogP contribution in [0.2, 0.25) is 0 Å². The molecule has 2 aromatic heterocycles. The molecular formula is C33H36FN5O5. The van der Waals surface area contributed by atoms with Gasteiger partial charge in [0.15, 0.2) is 0 Å². The number of amides is 2. The maximum atomic E-state index is 13.8. The molecule has 2 amide bonds. The number of rotatable bonds is 12. The Morgan fingerprint density at radius 3 is 2.52 bits per heavy atom. The molecule has 2 aliphatic carbocycles. The Hall–Kier alpha value is -4.51. The minimum Gasteiger partial charge on any atom is -0.494 e. The standard InChI is InChI=1S/C33H36FN5O5/c1-4-44-31-20(16-28(40)35-2)15-27(37-30(31)19-5-9-24(34)10-6-19)33(42,23-7-8-23)18-36-32(41)21-13-22-17-39(25-11-12-25)38-29(22)26(14-21)43-3/h5-6,9-10,13-15,17,23,25,42H,4,7-8,11-12,16,18H2,1-3H3,(H,35,40)(H,36,41)/t33-/m1/s1. The summed E-state index contributed by atoms with van der Waals surface area (Å²) in [6.45, 7) is 2.03. The number of pyridine rings is 1. The van der Waals surface area contributed by atoms with E-state index in [9.17, 15) is 19.1 Å². The van der Waals surface area contributed by atoms with E-state index in [1.807, 2.05) is 17.8 Å². The molecule has 1 atom stereocenters. The number of carbonyl (C=O) groups is 2. The molecule has 2 heterocycles. The molecule has 3 N–H and O–H groups in total. The summed E-state index contributed by atoms with van der Waals surface area (Å²) in [4.78, 5) is 30.9. The zero-order valence-corrected chi connectivity index (χ0v) is 25.0. The van der Waals surface area contributed by atoms with Gasteiger partial charge < -0.3 is 25.2 Å².